The Morgan fingerprint density at radius 1 is 1.17 bits per heavy atom. The summed E-state index contributed by atoms with van der Waals surface area (Å²) in [5.74, 6) is 1.02. The molecule has 0 radical (unpaired) electrons. The van der Waals surface area contributed by atoms with Crippen molar-refractivity contribution in [1.29, 1.82) is 0 Å². The summed E-state index contributed by atoms with van der Waals surface area (Å²) in [5.41, 5.74) is 8.11. The van der Waals surface area contributed by atoms with Crippen LogP contribution in [0.3, 0.4) is 0 Å². The maximum Gasteiger partial charge on any atom is 0.175 e. The van der Waals surface area contributed by atoms with Crippen molar-refractivity contribution in [2.45, 2.75) is 20.4 Å². The van der Waals surface area contributed by atoms with Crippen molar-refractivity contribution in [2.24, 2.45) is 4.99 Å². The lowest BCUT2D eigenvalue weighted by molar-refractivity contribution is 0.765. The van der Waals surface area contributed by atoms with Crippen LogP contribution in [0.5, 0.6) is 0 Å². The summed E-state index contributed by atoms with van der Waals surface area (Å²) in [7, 11) is 0. The van der Waals surface area contributed by atoms with E-state index in [1.165, 1.54) is 11.1 Å². The number of hydrogen-bond donors (Lipinski definition) is 1. The van der Waals surface area contributed by atoms with Gasteiger partial charge >= 0.3 is 0 Å². The van der Waals surface area contributed by atoms with Crippen LogP contribution in [-0.4, -0.2) is 17.5 Å². The van der Waals surface area contributed by atoms with Gasteiger partial charge in [0.15, 0.2) is 5.17 Å². The Morgan fingerprint density at radius 3 is 2.58 bits per heavy atom. The number of aryl methyl sites for hydroxylation is 1. The van der Waals surface area contributed by atoms with E-state index in [0.29, 0.717) is 16.6 Å². The van der Waals surface area contributed by atoms with Crippen LogP contribution in [0.15, 0.2) is 41.4 Å². The third-order valence-corrected chi connectivity index (χ3v) is 5.26. The number of halogens is 2. The number of hydrazine groups is 1. The zero-order valence-corrected chi connectivity index (χ0v) is 16.0. The zero-order valence-electron chi connectivity index (χ0n) is 13.6. The SMILES string of the molecule is Cc1cccc(N(Cc2cc(Cl)cc(Cl)c2)NC2=NCCS2)c1C. The molecule has 2 aromatic carbocycles. The standard InChI is InChI=1S/C18H19Cl2N3S/c1-12-4-3-5-17(13(12)2)23(22-18-21-6-7-24-18)11-14-8-15(19)10-16(20)9-14/h3-5,8-10H,6-7,11H2,1-2H3,(H,21,22). The van der Waals surface area contributed by atoms with Crippen LogP contribution in [-0.2, 0) is 6.54 Å². The molecule has 0 unspecified atom stereocenters. The highest BCUT2D eigenvalue weighted by Gasteiger charge is 2.16. The number of thioether (sulfide) groups is 1. The smallest absolute Gasteiger partial charge is 0.175 e. The minimum Gasteiger partial charge on any atom is -0.281 e. The van der Waals surface area contributed by atoms with Gasteiger partial charge in [0.1, 0.15) is 0 Å². The van der Waals surface area contributed by atoms with E-state index in [1.807, 2.05) is 12.1 Å². The number of rotatable bonds is 4. The molecule has 0 fully saturated rings. The molecular formula is C18H19Cl2N3S. The Bertz CT molecular complexity index is 757. The van der Waals surface area contributed by atoms with Gasteiger partial charge in [0.25, 0.3) is 0 Å². The number of amidine groups is 1. The first-order valence-electron chi connectivity index (χ1n) is 7.75. The van der Waals surface area contributed by atoms with Crippen molar-refractivity contribution in [2.75, 3.05) is 17.3 Å². The molecule has 126 valence electrons. The Balaban J connectivity index is 1.93. The molecule has 2 aromatic rings. The fourth-order valence-electron chi connectivity index (χ4n) is 2.62. The van der Waals surface area contributed by atoms with Gasteiger partial charge < -0.3 is 0 Å². The first kappa shape index (κ1) is 17.5. The van der Waals surface area contributed by atoms with E-state index in [2.05, 4.69) is 47.5 Å². The van der Waals surface area contributed by atoms with Crippen molar-refractivity contribution >= 4 is 45.8 Å². The number of hydrogen-bond acceptors (Lipinski definition) is 4. The summed E-state index contributed by atoms with van der Waals surface area (Å²) in [6.07, 6.45) is 0. The Kier molecular flexibility index (Phi) is 5.59. The van der Waals surface area contributed by atoms with Crippen molar-refractivity contribution in [3.63, 3.8) is 0 Å². The van der Waals surface area contributed by atoms with Crippen LogP contribution >= 0.6 is 35.0 Å². The van der Waals surface area contributed by atoms with E-state index < -0.39 is 0 Å². The van der Waals surface area contributed by atoms with Gasteiger partial charge in [-0.15, -0.1) is 0 Å². The molecule has 0 amide bonds. The van der Waals surface area contributed by atoms with Crippen LogP contribution in [0.25, 0.3) is 0 Å². The molecule has 1 aliphatic heterocycles. The quantitative estimate of drug-likeness (QED) is 0.737. The maximum absolute atomic E-state index is 6.16. The molecule has 0 bridgehead atoms. The molecule has 3 nitrogen and oxygen atoms in total. The molecule has 0 saturated heterocycles. The second kappa shape index (κ2) is 7.68. The summed E-state index contributed by atoms with van der Waals surface area (Å²) in [6, 6.07) is 11.9. The lowest BCUT2D eigenvalue weighted by Gasteiger charge is -2.28. The van der Waals surface area contributed by atoms with Gasteiger partial charge in [-0.05, 0) is 54.8 Å². The molecule has 0 aliphatic carbocycles. The molecule has 6 heteroatoms. The third kappa shape index (κ3) is 4.18. The maximum atomic E-state index is 6.16. The predicted molar refractivity (Wildman–Crippen MR) is 106 cm³/mol. The van der Waals surface area contributed by atoms with Crippen molar-refractivity contribution in [3.8, 4) is 0 Å². The second-order valence-corrected chi connectivity index (χ2v) is 7.69. The average molecular weight is 380 g/mol. The van der Waals surface area contributed by atoms with E-state index in [4.69, 9.17) is 23.2 Å². The molecule has 0 saturated carbocycles. The van der Waals surface area contributed by atoms with Crippen LogP contribution in [0.2, 0.25) is 10.0 Å². The monoisotopic (exact) mass is 379 g/mol. The summed E-state index contributed by atoms with van der Waals surface area (Å²) in [4.78, 5) is 4.50. The molecule has 24 heavy (non-hydrogen) atoms. The highest BCUT2D eigenvalue weighted by molar-refractivity contribution is 8.14. The predicted octanol–water partition coefficient (Wildman–Crippen LogP) is 5.22. The molecule has 0 spiro atoms. The number of nitrogens with zero attached hydrogens (tertiary/aromatic N) is 2. The molecular weight excluding hydrogens is 361 g/mol. The minimum absolute atomic E-state index is 0.643. The van der Waals surface area contributed by atoms with E-state index >= 15 is 0 Å². The molecule has 1 N–H and O–H groups in total. The Labute approximate surface area is 157 Å². The summed E-state index contributed by atoms with van der Waals surface area (Å²) < 4.78 is 0. The Hall–Kier alpha value is -1.36. The highest BCUT2D eigenvalue weighted by atomic mass is 35.5. The fraction of sp³-hybridized carbons (Fsp3) is 0.278. The molecule has 3 rings (SSSR count). The topological polar surface area (TPSA) is 27.6 Å². The third-order valence-electron chi connectivity index (χ3n) is 3.95. The van der Waals surface area contributed by atoms with Gasteiger partial charge in [-0.2, -0.15) is 0 Å². The lowest BCUT2D eigenvalue weighted by atomic mass is 10.1. The van der Waals surface area contributed by atoms with Crippen LogP contribution in [0.4, 0.5) is 5.69 Å². The summed E-state index contributed by atoms with van der Waals surface area (Å²) in [5, 5.41) is 4.35. The van der Waals surface area contributed by atoms with Gasteiger partial charge in [-0.1, -0.05) is 47.1 Å². The normalized spacial score (nSPS) is 13.8. The number of anilines is 1. The lowest BCUT2D eigenvalue weighted by Crippen LogP contribution is -2.40. The molecule has 1 aliphatic rings. The molecule has 1 heterocycles. The van der Waals surface area contributed by atoms with E-state index in [-0.39, 0.29) is 0 Å². The van der Waals surface area contributed by atoms with Gasteiger partial charge in [0.05, 0.1) is 18.8 Å². The van der Waals surface area contributed by atoms with Crippen LogP contribution < -0.4 is 10.4 Å². The fourth-order valence-corrected chi connectivity index (χ4v) is 3.92. The molecule has 0 aromatic heterocycles. The summed E-state index contributed by atoms with van der Waals surface area (Å²) in [6.45, 7) is 5.75. The number of nitrogens with one attached hydrogen (secondary N) is 1. The van der Waals surface area contributed by atoms with E-state index in [9.17, 15) is 0 Å². The van der Waals surface area contributed by atoms with Crippen molar-refractivity contribution < 1.29 is 0 Å². The first-order chi connectivity index (χ1) is 11.5. The van der Waals surface area contributed by atoms with Gasteiger partial charge in [0.2, 0.25) is 0 Å². The van der Waals surface area contributed by atoms with E-state index in [1.54, 1.807) is 17.8 Å². The van der Waals surface area contributed by atoms with Crippen molar-refractivity contribution in [3.05, 3.63) is 63.1 Å². The largest absolute Gasteiger partial charge is 0.281 e. The summed E-state index contributed by atoms with van der Waals surface area (Å²) >= 11 is 14.0. The van der Waals surface area contributed by atoms with Gasteiger partial charge in [0, 0.05) is 15.8 Å². The van der Waals surface area contributed by atoms with Crippen LogP contribution in [0, 0.1) is 13.8 Å². The molecule has 0 atom stereocenters. The zero-order chi connectivity index (χ0) is 17.1. The van der Waals surface area contributed by atoms with Crippen molar-refractivity contribution in [1.82, 2.24) is 5.43 Å². The van der Waals surface area contributed by atoms with Gasteiger partial charge in [-0.3, -0.25) is 15.4 Å². The Morgan fingerprint density at radius 2 is 1.92 bits per heavy atom. The highest BCUT2D eigenvalue weighted by Crippen LogP contribution is 2.26. The number of benzene rings is 2. The minimum atomic E-state index is 0.643. The average Bonchev–Trinajstić information content (AvgIpc) is 3.01. The van der Waals surface area contributed by atoms with E-state index in [0.717, 1.165) is 28.7 Å². The number of aliphatic imine (C=N–C) groups is 1. The first-order valence-corrected chi connectivity index (χ1v) is 9.50. The van der Waals surface area contributed by atoms with Gasteiger partial charge in [-0.25, -0.2) is 0 Å². The second-order valence-electron chi connectivity index (χ2n) is 5.73. The van der Waals surface area contributed by atoms with Crippen LogP contribution in [0.1, 0.15) is 16.7 Å².